The van der Waals surface area contributed by atoms with Gasteiger partial charge in [0.25, 0.3) is 5.91 Å². The number of hydrogen-bond acceptors (Lipinski definition) is 8. The molecule has 13 heteroatoms. The summed E-state index contributed by atoms with van der Waals surface area (Å²) in [7, 11) is 0. The van der Waals surface area contributed by atoms with Gasteiger partial charge < -0.3 is 9.42 Å². The lowest BCUT2D eigenvalue weighted by Crippen LogP contribution is -2.49. The second-order valence-corrected chi connectivity index (χ2v) is 8.34. The Labute approximate surface area is 203 Å². The van der Waals surface area contributed by atoms with Gasteiger partial charge in [0, 0.05) is 37.3 Å². The van der Waals surface area contributed by atoms with E-state index in [1.165, 1.54) is 23.1 Å². The molecule has 186 valence electrons. The van der Waals surface area contributed by atoms with Crippen molar-refractivity contribution in [2.24, 2.45) is 0 Å². The second-order valence-electron chi connectivity index (χ2n) is 8.34. The molecule has 10 nitrogen and oxygen atoms in total. The molecule has 1 fully saturated rings. The minimum Gasteiger partial charge on any atom is -0.337 e. The number of nitrogens with zero attached hydrogens (tertiary/aromatic N) is 8. The van der Waals surface area contributed by atoms with Crippen LogP contribution >= 0.6 is 0 Å². The minimum atomic E-state index is -4.46. The zero-order valence-corrected chi connectivity index (χ0v) is 19.1. The zero-order chi connectivity index (χ0) is 25.3. The third-order valence-electron chi connectivity index (χ3n) is 6.10. The fourth-order valence-electron chi connectivity index (χ4n) is 4.07. The smallest absolute Gasteiger partial charge is 0.337 e. The van der Waals surface area contributed by atoms with Gasteiger partial charge in [0.2, 0.25) is 11.7 Å². The molecule has 0 radical (unpaired) electrons. The van der Waals surface area contributed by atoms with E-state index in [1.54, 1.807) is 23.1 Å². The van der Waals surface area contributed by atoms with Crippen molar-refractivity contribution >= 4 is 5.91 Å². The predicted molar refractivity (Wildman–Crippen MR) is 120 cm³/mol. The first-order valence-corrected chi connectivity index (χ1v) is 11.2. The Bertz CT molecular complexity index is 1350. The number of aromatic nitrogens is 6. The topological polar surface area (TPSA) is 106 Å². The lowest BCUT2D eigenvalue weighted by Gasteiger charge is -2.36. The maximum atomic E-state index is 13.1. The Hall–Kier alpha value is -4.13. The van der Waals surface area contributed by atoms with Gasteiger partial charge in [-0.05, 0) is 47.7 Å². The first kappa shape index (κ1) is 23.6. The number of alkyl halides is 3. The van der Waals surface area contributed by atoms with Crippen LogP contribution in [0.15, 0.2) is 59.4 Å². The first-order chi connectivity index (χ1) is 17.3. The van der Waals surface area contributed by atoms with Crippen molar-refractivity contribution in [1.29, 1.82) is 0 Å². The maximum Gasteiger partial charge on any atom is 0.416 e. The van der Waals surface area contributed by atoms with E-state index in [0.717, 1.165) is 12.1 Å². The molecule has 4 aromatic rings. The van der Waals surface area contributed by atoms with Crippen LogP contribution in [-0.4, -0.2) is 72.2 Å². The maximum absolute atomic E-state index is 13.1. The fraction of sp³-hybridized carbons (Fsp3) is 0.304. The molecule has 2 aromatic heterocycles. The molecule has 1 unspecified atom stereocenters. The molecule has 1 amide bonds. The van der Waals surface area contributed by atoms with Gasteiger partial charge in [-0.15, -0.1) is 5.10 Å². The Morgan fingerprint density at radius 2 is 1.83 bits per heavy atom. The molecule has 0 saturated carbocycles. The van der Waals surface area contributed by atoms with Gasteiger partial charge in [-0.3, -0.25) is 9.69 Å². The van der Waals surface area contributed by atoms with Crippen LogP contribution < -0.4 is 0 Å². The summed E-state index contributed by atoms with van der Waals surface area (Å²) in [6.45, 7) is 4.01. The average Bonchev–Trinajstić information content (AvgIpc) is 3.61. The van der Waals surface area contributed by atoms with Gasteiger partial charge in [0.1, 0.15) is 6.33 Å². The molecule has 1 aliphatic rings. The van der Waals surface area contributed by atoms with Crippen LogP contribution in [0.1, 0.15) is 34.8 Å². The van der Waals surface area contributed by atoms with Crippen LogP contribution in [0.2, 0.25) is 0 Å². The number of hydrogen-bond donors (Lipinski definition) is 0. The van der Waals surface area contributed by atoms with Gasteiger partial charge >= 0.3 is 6.18 Å². The standard InChI is InChI=1S/C23H21F3N8O2/c1-15(21-28-20(29-36-21)16-4-2-6-18(12-16)23(24,25)26)32-8-10-33(11-9-32)22(35)17-5-3-7-19(13-17)34-14-27-30-31-34/h2-7,12-15H,8-11H2,1H3. The van der Waals surface area contributed by atoms with Crippen molar-refractivity contribution in [3.05, 3.63) is 71.9 Å². The Kier molecular flexibility index (Phi) is 6.22. The molecule has 1 atom stereocenters. The van der Waals surface area contributed by atoms with Crippen molar-refractivity contribution in [2.75, 3.05) is 26.2 Å². The Morgan fingerprint density at radius 3 is 2.56 bits per heavy atom. The van der Waals surface area contributed by atoms with Crippen molar-refractivity contribution in [3.8, 4) is 17.1 Å². The van der Waals surface area contributed by atoms with E-state index in [9.17, 15) is 18.0 Å². The second kappa shape index (κ2) is 9.49. The average molecular weight is 498 g/mol. The van der Waals surface area contributed by atoms with E-state index in [4.69, 9.17) is 4.52 Å². The number of halogens is 3. The number of benzene rings is 2. The van der Waals surface area contributed by atoms with Crippen LogP contribution in [0.25, 0.3) is 17.1 Å². The Morgan fingerprint density at radius 1 is 1.06 bits per heavy atom. The van der Waals surface area contributed by atoms with Gasteiger partial charge in [-0.1, -0.05) is 23.4 Å². The largest absolute Gasteiger partial charge is 0.416 e. The molecule has 0 bridgehead atoms. The summed E-state index contributed by atoms with van der Waals surface area (Å²) >= 11 is 0. The van der Waals surface area contributed by atoms with Gasteiger partial charge in [0.15, 0.2) is 0 Å². The minimum absolute atomic E-state index is 0.0955. The highest BCUT2D eigenvalue weighted by Crippen LogP contribution is 2.32. The summed E-state index contributed by atoms with van der Waals surface area (Å²) in [5.41, 5.74) is 0.674. The summed E-state index contributed by atoms with van der Waals surface area (Å²) < 4.78 is 45.9. The SMILES string of the molecule is CC(c1nc(-c2cccc(C(F)(F)F)c2)no1)N1CCN(C(=O)c2cccc(-n3cnnn3)c2)CC1. The molecule has 0 aliphatic carbocycles. The normalized spacial score (nSPS) is 15.7. The highest BCUT2D eigenvalue weighted by molar-refractivity contribution is 5.94. The van der Waals surface area contributed by atoms with Crippen LogP contribution in [0.5, 0.6) is 0 Å². The van der Waals surface area contributed by atoms with E-state index in [-0.39, 0.29) is 23.3 Å². The van der Waals surface area contributed by atoms with Gasteiger partial charge in [-0.25, -0.2) is 4.68 Å². The monoisotopic (exact) mass is 498 g/mol. The van der Waals surface area contributed by atoms with Crippen LogP contribution in [-0.2, 0) is 6.18 Å². The summed E-state index contributed by atoms with van der Waals surface area (Å²) in [6, 6.07) is 11.6. The summed E-state index contributed by atoms with van der Waals surface area (Å²) in [5, 5.41) is 15.0. The summed E-state index contributed by atoms with van der Waals surface area (Å²) in [5.74, 6) is 0.303. The van der Waals surface area contributed by atoms with Crippen molar-refractivity contribution in [2.45, 2.75) is 19.1 Å². The lowest BCUT2D eigenvalue weighted by atomic mass is 10.1. The third-order valence-corrected chi connectivity index (χ3v) is 6.10. The molecule has 1 saturated heterocycles. The number of amides is 1. The van der Waals surface area contributed by atoms with Crippen LogP contribution in [0.3, 0.4) is 0 Å². The van der Waals surface area contributed by atoms with E-state index in [1.807, 2.05) is 13.0 Å². The zero-order valence-electron chi connectivity index (χ0n) is 19.1. The lowest BCUT2D eigenvalue weighted by molar-refractivity contribution is -0.137. The quantitative estimate of drug-likeness (QED) is 0.413. The molecule has 0 N–H and O–H groups in total. The van der Waals surface area contributed by atoms with E-state index >= 15 is 0 Å². The van der Waals surface area contributed by atoms with E-state index in [2.05, 4.69) is 30.6 Å². The molecular formula is C23H21F3N8O2. The highest BCUT2D eigenvalue weighted by Gasteiger charge is 2.31. The number of tetrazole rings is 1. The van der Waals surface area contributed by atoms with E-state index in [0.29, 0.717) is 43.3 Å². The molecule has 3 heterocycles. The van der Waals surface area contributed by atoms with Gasteiger partial charge in [-0.2, -0.15) is 18.2 Å². The molecule has 0 spiro atoms. The molecule has 2 aromatic carbocycles. The van der Waals surface area contributed by atoms with E-state index < -0.39 is 11.7 Å². The van der Waals surface area contributed by atoms with Crippen molar-refractivity contribution < 1.29 is 22.5 Å². The predicted octanol–water partition coefficient (Wildman–Crippen LogP) is 3.25. The fourth-order valence-corrected chi connectivity index (χ4v) is 4.07. The third kappa shape index (κ3) is 4.82. The van der Waals surface area contributed by atoms with Crippen LogP contribution in [0.4, 0.5) is 13.2 Å². The summed E-state index contributed by atoms with van der Waals surface area (Å²) in [6.07, 6.45) is -3.00. The molecular weight excluding hydrogens is 477 g/mol. The highest BCUT2D eigenvalue weighted by atomic mass is 19.4. The van der Waals surface area contributed by atoms with Crippen molar-refractivity contribution in [3.63, 3.8) is 0 Å². The summed E-state index contributed by atoms with van der Waals surface area (Å²) in [4.78, 5) is 21.2. The molecule has 5 rings (SSSR count). The molecule has 36 heavy (non-hydrogen) atoms. The van der Waals surface area contributed by atoms with Gasteiger partial charge in [0.05, 0.1) is 17.3 Å². The Balaban J connectivity index is 1.22. The van der Waals surface area contributed by atoms with Crippen LogP contribution in [0, 0.1) is 0 Å². The number of carbonyl (C=O) groups is 1. The van der Waals surface area contributed by atoms with Crippen molar-refractivity contribution in [1.82, 2.24) is 40.1 Å². The number of rotatable bonds is 5. The molecule has 1 aliphatic heterocycles. The first-order valence-electron chi connectivity index (χ1n) is 11.2. The number of piperazine rings is 1. The number of carbonyl (C=O) groups excluding carboxylic acids is 1.